The number of hydrogen-bond acceptors (Lipinski definition) is 5. The molecule has 3 rings (SSSR count). The number of halogens is 2. The van der Waals surface area contributed by atoms with Crippen molar-refractivity contribution in [1.82, 2.24) is 9.97 Å². The van der Waals surface area contributed by atoms with Crippen molar-refractivity contribution in [2.45, 2.75) is 30.7 Å². The summed E-state index contributed by atoms with van der Waals surface area (Å²) < 4.78 is 26.4. The summed E-state index contributed by atoms with van der Waals surface area (Å²) in [6.07, 6.45) is -0.0428. The highest BCUT2D eigenvalue weighted by atomic mass is 32.2. The molecule has 8 heteroatoms. The average molecular weight is 349 g/mol. The number of aromatic nitrogens is 2. The van der Waals surface area contributed by atoms with Gasteiger partial charge in [0.2, 0.25) is 11.8 Å². The Labute approximate surface area is 141 Å². The van der Waals surface area contributed by atoms with Crippen LogP contribution in [0.3, 0.4) is 0 Å². The normalized spacial score (nSPS) is 17.7. The molecule has 1 aromatic heterocycles. The molecule has 1 aliphatic rings. The molecule has 2 aromatic rings. The van der Waals surface area contributed by atoms with Crippen LogP contribution < -0.4 is 4.90 Å². The summed E-state index contributed by atoms with van der Waals surface area (Å²) in [6, 6.07) is 4.73. The fourth-order valence-electron chi connectivity index (χ4n) is 2.47. The van der Waals surface area contributed by atoms with Gasteiger partial charge in [0, 0.05) is 23.9 Å². The molecule has 0 bridgehead atoms. The first-order valence-electron chi connectivity index (χ1n) is 7.16. The van der Waals surface area contributed by atoms with Crippen molar-refractivity contribution in [3.63, 3.8) is 0 Å². The monoisotopic (exact) mass is 349 g/mol. The number of hydrogen-bond donors (Lipinski definition) is 0. The smallest absolute Gasteiger partial charge is 0.247 e. The van der Waals surface area contributed by atoms with Crippen molar-refractivity contribution in [3.05, 3.63) is 47.3 Å². The Kier molecular flexibility index (Phi) is 4.31. The SMILES string of the molecule is Cc1cc(C)nc(S[C@H]2CC(=O)N(c3ccc(F)c(F)c3)C2=O)n1. The van der Waals surface area contributed by atoms with E-state index in [4.69, 9.17) is 0 Å². The van der Waals surface area contributed by atoms with E-state index in [-0.39, 0.29) is 12.1 Å². The summed E-state index contributed by atoms with van der Waals surface area (Å²) in [4.78, 5) is 34.0. The molecule has 1 aliphatic heterocycles. The van der Waals surface area contributed by atoms with Crippen LogP contribution in [0.4, 0.5) is 14.5 Å². The van der Waals surface area contributed by atoms with Gasteiger partial charge in [-0.2, -0.15) is 0 Å². The standard InChI is InChI=1S/C16H13F2N3O2S/c1-8-5-9(2)20-16(19-8)24-13-7-14(22)21(15(13)23)10-3-4-11(17)12(18)6-10/h3-6,13H,7H2,1-2H3/t13-/m0/s1. The summed E-state index contributed by atoms with van der Waals surface area (Å²) >= 11 is 1.10. The van der Waals surface area contributed by atoms with Crippen LogP contribution in [0.1, 0.15) is 17.8 Å². The van der Waals surface area contributed by atoms with Crippen LogP contribution >= 0.6 is 11.8 Å². The third-order valence-corrected chi connectivity index (χ3v) is 4.52. The molecular formula is C16H13F2N3O2S. The lowest BCUT2D eigenvalue weighted by atomic mass is 10.3. The van der Waals surface area contributed by atoms with Gasteiger partial charge in [0.25, 0.3) is 0 Å². The molecule has 0 N–H and O–H groups in total. The second kappa shape index (κ2) is 6.27. The Hall–Kier alpha value is -2.35. The summed E-state index contributed by atoms with van der Waals surface area (Å²) in [7, 11) is 0. The van der Waals surface area contributed by atoms with Crippen molar-refractivity contribution < 1.29 is 18.4 Å². The third kappa shape index (κ3) is 3.14. The van der Waals surface area contributed by atoms with Gasteiger partial charge in [-0.15, -0.1) is 0 Å². The maximum atomic E-state index is 13.4. The van der Waals surface area contributed by atoms with E-state index in [2.05, 4.69) is 9.97 Å². The van der Waals surface area contributed by atoms with Gasteiger partial charge in [-0.05, 0) is 32.0 Å². The molecule has 0 unspecified atom stereocenters. The molecule has 0 aliphatic carbocycles. The highest BCUT2D eigenvalue weighted by molar-refractivity contribution is 8.00. The zero-order chi connectivity index (χ0) is 17.4. The summed E-state index contributed by atoms with van der Waals surface area (Å²) in [5, 5.41) is -0.280. The number of rotatable bonds is 3. The second-order valence-electron chi connectivity index (χ2n) is 5.41. The van der Waals surface area contributed by atoms with E-state index in [0.717, 1.165) is 40.2 Å². The maximum absolute atomic E-state index is 13.4. The minimum atomic E-state index is -1.11. The predicted molar refractivity (Wildman–Crippen MR) is 84.6 cm³/mol. The van der Waals surface area contributed by atoms with Crippen molar-refractivity contribution in [2.24, 2.45) is 0 Å². The minimum absolute atomic E-state index is 0.0216. The predicted octanol–water partition coefficient (Wildman–Crippen LogP) is 2.80. The van der Waals surface area contributed by atoms with Crippen LogP contribution in [-0.4, -0.2) is 27.0 Å². The number of benzene rings is 1. The van der Waals surface area contributed by atoms with Crippen molar-refractivity contribution in [3.8, 4) is 0 Å². The molecular weight excluding hydrogens is 336 g/mol. The lowest BCUT2D eigenvalue weighted by Gasteiger charge is -2.15. The summed E-state index contributed by atoms with van der Waals surface area (Å²) in [5.74, 6) is -3.10. The minimum Gasteiger partial charge on any atom is -0.274 e. The third-order valence-electron chi connectivity index (χ3n) is 3.48. The number of nitrogens with zero attached hydrogens (tertiary/aromatic N) is 3. The molecule has 24 heavy (non-hydrogen) atoms. The van der Waals surface area contributed by atoms with Crippen LogP contribution in [0.5, 0.6) is 0 Å². The molecule has 1 fully saturated rings. The van der Waals surface area contributed by atoms with Gasteiger partial charge in [0.15, 0.2) is 16.8 Å². The Balaban J connectivity index is 1.84. The van der Waals surface area contributed by atoms with E-state index in [0.29, 0.717) is 5.16 Å². The molecule has 0 saturated carbocycles. The fraction of sp³-hybridized carbons (Fsp3) is 0.250. The van der Waals surface area contributed by atoms with E-state index >= 15 is 0 Å². The molecule has 0 spiro atoms. The first kappa shape index (κ1) is 16.5. The van der Waals surface area contributed by atoms with Crippen LogP contribution in [-0.2, 0) is 9.59 Å². The number of anilines is 1. The summed E-state index contributed by atoms with van der Waals surface area (Å²) in [5.41, 5.74) is 1.55. The van der Waals surface area contributed by atoms with E-state index in [1.54, 1.807) is 6.07 Å². The van der Waals surface area contributed by atoms with E-state index in [1.807, 2.05) is 13.8 Å². The van der Waals surface area contributed by atoms with Gasteiger partial charge in [0.1, 0.15) is 5.25 Å². The van der Waals surface area contributed by atoms with Crippen molar-refractivity contribution in [2.75, 3.05) is 4.90 Å². The molecule has 1 atom stereocenters. The molecule has 2 amide bonds. The average Bonchev–Trinajstić information content (AvgIpc) is 2.75. The van der Waals surface area contributed by atoms with Crippen molar-refractivity contribution in [1.29, 1.82) is 0 Å². The van der Waals surface area contributed by atoms with Gasteiger partial charge in [-0.1, -0.05) is 11.8 Å². The zero-order valence-electron chi connectivity index (χ0n) is 12.9. The zero-order valence-corrected chi connectivity index (χ0v) is 13.7. The molecule has 2 heterocycles. The largest absolute Gasteiger partial charge is 0.274 e. The molecule has 5 nitrogen and oxygen atoms in total. The number of amides is 2. The topological polar surface area (TPSA) is 63.2 Å². The molecule has 0 radical (unpaired) electrons. The fourth-order valence-corrected chi connectivity index (χ4v) is 3.55. The number of aryl methyl sites for hydroxylation is 2. The number of carbonyl (C=O) groups is 2. The van der Waals surface area contributed by atoms with Gasteiger partial charge in [0.05, 0.1) is 5.69 Å². The van der Waals surface area contributed by atoms with E-state index in [1.165, 1.54) is 6.07 Å². The Morgan fingerprint density at radius 3 is 2.38 bits per heavy atom. The quantitative estimate of drug-likeness (QED) is 0.630. The number of carbonyl (C=O) groups excluding carboxylic acids is 2. The van der Waals surface area contributed by atoms with E-state index < -0.39 is 28.7 Å². The lowest BCUT2D eigenvalue weighted by Crippen LogP contribution is -2.31. The maximum Gasteiger partial charge on any atom is 0.247 e. The molecule has 1 saturated heterocycles. The van der Waals surface area contributed by atoms with Crippen LogP contribution in [0, 0.1) is 25.5 Å². The lowest BCUT2D eigenvalue weighted by molar-refractivity contribution is -0.121. The van der Waals surface area contributed by atoms with Crippen molar-refractivity contribution >= 4 is 29.3 Å². The van der Waals surface area contributed by atoms with Gasteiger partial charge >= 0.3 is 0 Å². The van der Waals surface area contributed by atoms with Crippen LogP contribution in [0.2, 0.25) is 0 Å². The Bertz CT molecular complexity index is 824. The number of imide groups is 1. The van der Waals surface area contributed by atoms with E-state index in [9.17, 15) is 18.4 Å². The molecule has 1 aromatic carbocycles. The Morgan fingerprint density at radius 2 is 1.75 bits per heavy atom. The van der Waals surface area contributed by atoms with Crippen LogP contribution in [0.15, 0.2) is 29.4 Å². The highest BCUT2D eigenvalue weighted by Crippen LogP contribution is 2.33. The van der Waals surface area contributed by atoms with Gasteiger partial charge in [-0.3, -0.25) is 9.59 Å². The summed E-state index contributed by atoms with van der Waals surface area (Å²) in [6.45, 7) is 3.63. The van der Waals surface area contributed by atoms with Crippen LogP contribution in [0.25, 0.3) is 0 Å². The number of thioether (sulfide) groups is 1. The first-order valence-corrected chi connectivity index (χ1v) is 8.04. The molecule has 124 valence electrons. The highest BCUT2D eigenvalue weighted by Gasteiger charge is 2.41. The second-order valence-corrected chi connectivity index (χ2v) is 6.58. The van der Waals surface area contributed by atoms with Gasteiger partial charge < -0.3 is 0 Å². The van der Waals surface area contributed by atoms with Gasteiger partial charge in [-0.25, -0.2) is 23.6 Å². The first-order chi connectivity index (χ1) is 11.3. The Morgan fingerprint density at radius 1 is 1.08 bits per heavy atom.